The lowest BCUT2D eigenvalue weighted by atomic mass is 9.03. The second-order valence-corrected chi connectivity index (χ2v) is 25.7. The van der Waals surface area contributed by atoms with Crippen LogP contribution in [0.2, 0.25) is 0 Å². The highest BCUT2D eigenvalue weighted by Crippen LogP contribution is 3.02. The Morgan fingerprint density at radius 2 is 0.196 bits per heavy atom. The van der Waals surface area contributed by atoms with Crippen LogP contribution in [0.4, 0.5) is 0 Å². The van der Waals surface area contributed by atoms with Crippen molar-refractivity contribution in [1.29, 1.82) is 0 Å². The molecule has 22 rings (SSSR count). The van der Waals surface area contributed by atoms with E-state index in [1.165, 1.54) is 249 Å². The van der Waals surface area contributed by atoms with Crippen LogP contribution in [-0.4, -0.2) is 0 Å². The number of rotatable bonds is 0. The molecule has 0 bridgehead atoms. The first-order chi connectivity index (χ1) is 23.0. The van der Waals surface area contributed by atoms with E-state index in [2.05, 4.69) is 0 Å². The van der Waals surface area contributed by atoms with Gasteiger partial charge in [0.15, 0.2) is 0 Å². The molecule has 234 valence electrons. The molecule has 0 amide bonds. The molecule has 22 aliphatic rings. The van der Waals surface area contributed by atoms with Crippen molar-refractivity contribution in [2.45, 2.75) is 25.7 Å². The highest BCUT2D eigenvalue weighted by atomic mass is 15.0. The minimum absolute atomic E-state index is 1.27. The third-order valence-corrected chi connectivity index (χ3v) is 29.2. The summed E-state index contributed by atoms with van der Waals surface area (Å²) < 4.78 is 0. The molecule has 0 aromatic heterocycles. The summed E-state index contributed by atoms with van der Waals surface area (Å²) in [5.41, 5.74) is 0. The topological polar surface area (TPSA) is 0 Å². The van der Waals surface area contributed by atoms with Crippen molar-refractivity contribution < 1.29 is 0 Å². The molecule has 40 atom stereocenters. The summed E-state index contributed by atoms with van der Waals surface area (Å²) in [6.45, 7) is 0. The fourth-order valence-electron chi connectivity index (χ4n) is 29.6. The first-order valence-corrected chi connectivity index (χ1v) is 23.0. The largest absolute Gasteiger partial charge is 0.0496 e. The van der Waals surface area contributed by atoms with Crippen molar-refractivity contribution in [3.63, 3.8) is 0 Å². The second kappa shape index (κ2) is 5.16. The Bertz CT molecular complexity index is 1570. The highest BCUT2D eigenvalue weighted by Gasteiger charge is 2.99. The number of hydrogen-bond acceptors (Lipinski definition) is 0. The van der Waals surface area contributed by atoms with Gasteiger partial charge in [0, 0.05) is 0 Å². The van der Waals surface area contributed by atoms with E-state index in [-0.39, 0.29) is 0 Å². The monoisotopic (exact) mass is 602 g/mol. The van der Waals surface area contributed by atoms with E-state index >= 15 is 0 Å². The molecular formula is C46H50. The van der Waals surface area contributed by atoms with Crippen LogP contribution in [0.25, 0.3) is 0 Å². The summed E-state index contributed by atoms with van der Waals surface area (Å²) in [5, 5.41) is 0. The average molecular weight is 603 g/mol. The summed E-state index contributed by atoms with van der Waals surface area (Å²) in [6, 6.07) is 0. The van der Waals surface area contributed by atoms with Gasteiger partial charge in [0.1, 0.15) is 0 Å². The Balaban J connectivity index is 0.547. The zero-order valence-electron chi connectivity index (χ0n) is 27.1. The molecule has 0 N–H and O–H groups in total. The summed E-state index contributed by atoms with van der Waals surface area (Å²) in [7, 11) is 0. The lowest BCUT2D eigenvalue weighted by molar-refractivity contribution is -0.548. The minimum atomic E-state index is 1.27. The minimum Gasteiger partial charge on any atom is -0.0496 e. The van der Waals surface area contributed by atoms with Crippen LogP contribution < -0.4 is 0 Å². The zero-order chi connectivity index (χ0) is 27.1. The normalized spacial score (nSPS) is 101. The van der Waals surface area contributed by atoms with Crippen LogP contribution in [0.3, 0.4) is 0 Å². The third-order valence-electron chi connectivity index (χ3n) is 29.2. The van der Waals surface area contributed by atoms with Gasteiger partial charge >= 0.3 is 0 Å². The van der Waals surface area contributed by atoms with Crippen LogP contribution in [0.15, 0.2) is 0 Å². The van der Waals surface area contributed by atoms with Gasteiger partial charge in [-0.3, -0.25) is 0 Å². The molecule has 0 spiro atoms. The Hall–Kier alpha value is 0. The standard InChI is InChI=1S/C46H50/c1-2-6-5(1)9-10(6)14-13(9)17-18(14)22-21(17)25-26(22)30-29(25)33-34(30)38-37(33)41-42(38)46-44-40-36-32-28-24-20-16-12-8-4-3-7(8)11(12)15(16)19(20)23(24)27(28)31(32)35(36)39(40)43(44)45(41)46/h5-46H,1-4H2. The Labute approximate surface area is 273 Å². The molecule has 0 radical (unpaired) electrons. The first kappa shape index (κ1) is 20.8. The van der Waals surface area contributed by atoms with Gasteiger partial charge in [0.25, 0.3) is 0 Å². The van der Waals surface area contributed by atoms with Crippen molar-refractivity contribution in [2.75, 3.05) is 0 Å². The fraction of sp³-hybridized carbons (Fsp3) is 1.00. The lowest BCUT2D eigenvalue weighted by Crippen LogP contribution is -2.98. The maximum Gasteiger partial charge on any atom is -0.0312 e. The summed E-state index contributed by atoms with van der Waals surface area (Å²) >= 11 is 0. The van der Waals surface area contributed by atoms with Gasteiger partial charge in [-0.25, -0.2) is 0 Å². The lowest BCUT2D eigenvalue weighted by Gasteiger charge is -3.01. The van der Waals surface area contributed by atoms with Crippen LogP contribution >= 0.6 is 0 Å². The van der Waals surface area contributed by atoms with Crippen molar-refractivity contribution >= 4 is 0 Å². The van der Waals surface area contributed by atoms with Gasteiger partial charge in [0.2, 0.25) is 0 Å². The molecule has 0 saturated heterocycles. The van der Waals surface area contributed by atoms with E-state index in [1.54, 1.807) is 25.7 Å². The molecule has 22 aliphatic carbocycles. The van der Waals surface area contributed by atoms with Gasteiger partial charge in [-0.2, -0.15) is 0 Å². The molecule has 0 nitrogen and oxygen atoms in total. The van der Waals surface area contributed by atoms with Crippen molar-refractivity contribution in [3.05, 3.63) is 0 Å². The smallest absolute Gasteiger partial charge is 0.0312 e. The van der Waals surface area contributed by atoms with E-state index in [4.69, 9.17) is 0 Å². The fourth-order valence-corrected chi connectivity index (χ4v) is 29.6. The Morgan fingerprint density at radius 3 is 0.283 bits per heavy atom. The quantitative estimate of drug-likeness (QED) is 0.270. The first-order valence-electron chi connectivity index (χ1n) is 23.0. The molecule has 0 aromatic carbocycles. The van der Waals surface area contributed by atoms with Gasteiger partial charge < -0.3 is 0 Å². The molecule has 0 heteroatoms. The van der Waals surface area contributed by atoms with Crippen molar-refractivity contribution in [1.82, 2.24) is 0 Å². The number of hydrogen-bond donors (Lipinski definition) is 0. The van der Waals surface area contributed by atoms with E-state index in [9.17, 15) is 0 Å². The third kappa shape index (κ3) is 1.26. The van der Waals surface area contributed by atoms with E-state index in [0.29, 0.717) is 0 Å². The number of fused-ring (bicyclic) bond motifs is 61. The molecule has 0 aromatic rings. The van der Waals surface area contributed by atoms with Gasteiger partial charge in [0.05, 0.1) is 0 Å². The van der Waals surface area contributed by atoms with Gasteiger partial charge in [-0.05, 0) is 274 Å². The summed E-state index contributed by atoms with van der Waals surface area (Å²) in [4.78, 5) is 0. The molecule has 46 heavy (non-hydrogen) atoms. The molecule has 0 heterocycles. The predicted molar refractivity (Wildman–Crippen MR) is 165 cm³/mol. The second-order valence-electron chi connectivity index (χ2n) is 25.7. The van der Waals surface area contributed by atoms with Crippen molar-refractivity contribution in [3.8, 4) is 0 Å². The molecule has 40 unspecified atom stereocenters. The summed E-state index contributed by atoms with van der Waals surface area (Å²) in [5.74, 6) is 55.4. The van der Waals surface area contributed by atoms with Gasteiger partial charge in [-0.1, -0.05) is 0 Å². The maximum absolute atomic E-state index is 1.66. The zero-order valence-corrected chi connectivity index (χ0v) is 27.1. The predicted octanol–water partition coefficient (Wildman–Crippen LogP) is 6.73. The molecule has 0 aliphatic heterocycles. The van der Waals surface area contributed by atoms with Crippen molar-refractivity contribution in [2.24, 2.45) is 249 Å². The van der Waals surface area contributed by atoms with E-state index < -0.39 is 0 Å². The van der Waals surface area contributed by atoms with E-state index in [1.807, 2.05) is 0 Å². The van der Waals surface area contributed by atoms with Crippen LogP contribution in [0.1, 0.15) is 25.7 Å². The molecular weight excluding hydrogens is 553 g/mol. The summed E-state index contributed by atoms with van der Waals surface area (Å²) in [6.07, 6.45) is 6.64. The molecule has 22 saturated carbocycles. The Kier molecular flexibility index (Phi) is 2.33. The Morgan fingerprint density at radius 1 is 0.109 bits per heavy atom. The molecule has 22 fully saturated rings. The van der Waals surface area contributed by atoms with E-state index in [0.717, 1.165) is 0 Å². The maximum atomic E-state index is 1.66. The van der Waals surface area contributed by atoms with Crippen LogP contribution in [0, 0.1) is 249 Å². The van der Waals surface area contributed by atoms with Gasteiger partial charge in [-0.15, -0.1) is 0 Å². The van der Waals surface area contributed by atoms with Crippen LogP contribution in [-0.2, 0) is 0 Å². The van der Waals surface area contributed by atoms with Crippen LogP contribution in [0.5, 0.6) is 0 Å². The average Bonchev–Trinajstić information content (AvgIpc) is 2.96. The SMILES string of the molecule is C1CC2C1C1C2C2C1C1C2C2C1C1C2C2C1C1C2C2C1C1C2C2C3C4C5C6C7C8C9C%10C%11C%12CCC%12C%11C%10C9C8C7C6C5C4C3C12. The highest BCUT2D eigenvalue weighted by molar-refractivity contribution is 5.45.